The highest BCUT2D eigenvalue weighted by atomic mass is 79.9. The average molecular weight is 438 g/mol. The summed E-state index contributed by atoms with van der Waals surface area (Å²) in [7, 11) is 0. The fourth-order valence-electron chi connectivity index (χ4n) is 1.69. The van der Waals surface area contributed by atoms with Gasteiger partial charge in [-0.1, -0.05) is 56.8 Å². The van der Waals surface area contributed by atoms with Gasteiger partial charge in [-0.05, 0) is 24.3 Å². The van der Waals surface area contributed by atoms with Gasteiger partial charge >= 0.3 is 5.70 Å². The van der Waals surface area contributed by atoms with Gasteiger partial charge in [0.1, 0.15) is 4.49 Å². The number of anilines is 1. The van der Waals surface area contributed by atoms with Gasteiger partial charge in [0, 0.05) is 22.6 Å². The van der Waals surface area contributed by atoms with Gasteiger partial charge in [0.25, 0.3) is 0 Å². The molecule has 1 N–H and O–H groups in total. The molecule has 10 heteroatoms. The van der Waals surface area contributed by atoms with Crippen molar-refractivity contribution in [2.24, 2.45) is 0 Å². The smallest absolute Gasteiger partial charge is 0.332 e. The summed E-state index contributed by atoms with van der Waals surface area (Å²) in [6, 6.07) is 8.66. The van der Waals surface area contributed by atoms with Crippen LogP contribution in [-0.4, -0.2) is 14.7 Å². The summed E-state index contributed by atoms with van der Waals surface area (Å²) in [6.45, 7) is 0. The van der Waals surface area contributed by atoms with Gasteiger partial charge in [0.2, 0.25) is 5.82 Å². The van der Waals surface area contributed by atoms with Crippen LogP contribution in [0, 0.1) is 10.1 Å². The van der Waals surface area contributed by atoms with Gasteiger partial charge < -0.3 is 5.32 Å². The van der Waals surface area contributed by atoms with Crippen LogP contribution < -0.4 is 5.32 Å². The Morgan fingerprint density at radius 2 is 2.04 bits per heavy atom. The Bertz CT molecular complexity index is 786. The number of halogens is 4. The van der Waals surface area contributed by atoms with Crippen molar-refractivity contribution in [3.05, 3.63) is 72.5 Å². The second-order valence-electron chi connectivity index (χ2n) is 4.11. The summed E-state index contributed by atoms with van der Waals surface area (Å²) >= 11 is 20.5. The molecule has 23 heavy (non-hydrogen) atoms. The minimum atomic E-state index is -0.685. The first-order chi connectivity index (χ1) is 10.9. The Hall–Kier alpha value is -1.54. The van der Waals surface area contributed by atoms with Crippen molar-refractivity contribution in [2.45, 2.75) is 0 Å². The highest BCUT2D eigenvalue weighted by Gasteiger charge is 2.27. The van der Waals surface area contributed by atoms with Gasteiger partial charge in [-0.25, -0.2) is 4.68 Å². The monoisotopic (exact) mass is 436 g/mol. The van der Waals surface area contributed by atoms with E-state index < -0.39 is 20.1 Å². The maximum atomic E-state index is 11.5. The van der Waals surface area contributed by atoms with Crippen LogP contribution in [0.3, 0.4) is 0 Å². The average Bonchev–Trinajstić information content (AvgIpc) is 3.00. The lowest BCUT2D eigenvalue weighted by atomic mass is 10.3. The topological polar surface area (TPSA) is 73.0 Å². The van der Waals surface area contributed by atoms with Gasteiger partial charge in [-0.15, -0.1) is 0 Å². The number of nitrogens with zero attached hydrogens (tertiary/aromatic N) is 3. The highest BCUT2D eigenvalue weighted by Crippen LogP contribution is 2.30. The van der Waals surface area contributed by atoms with Crippen molar-refractivity contribution in [1.29, 1.82) is 0 Å². The molecule has 0 bridgehead atoms. The van der Waals surface area contributed by atoms with E-state index in [1.54, 1.807) is 24.3 Å². The number of nitro groups is 1. The third kappa shape index (κ3) is 4.48. The number of aromatic nitrogens is 2. The van der Waals surface area contributed by atoms with E-state index in [1.807, 2.05) is 6.07 Å². The zero-order valence-electron chi connectivity index (χ0n) is 11.2. The van der Waals surface area contributed by atoms with Gasteiger partial charge in [-0.3, -0.25) is 10.1 Å². The van der Waals surface area contributed by atoms with E-state index in [0.717, 1.165) is 4.47 Å². The van der Waals surface area contributed by atoms with Crippen LogP contribution in [-0.2, 0) is 0 Å². The molecular weight excluding hydrogens is 430 g/mol. The van der Waals surface area contributed by atoms with Crippen molar-refractivity contribution in [2.75, 3.05) is 5.32 Å². The Morgan fingerprint density at radius 1 is 1.30 bits per heavy atom. The van der Waals surface area contributed by atoms with E-state index in [0.29, 0.717) is 5.69 Å². The molecule has 0 aliphatic carbocycles. The Morgan fingerprint density at radius 3 is 2.57 bits per heavy atom. The third-order valence-electron chi connectivity index (χ3n) is 2.60. The SMILES string of the molecule is O=[N+]([O-])/C(C(Cl)=C(Cl)Cl)=C(\Nc1cccc(Br)c1)n1cccn1. The van der Waals surface area contributed by atoms with E-state index in [9.17, 15) is 10.1 Å². The van der Waals surface area contributed by atoms with Crippen molar-refractivity contribution in [3.8, 4) is 0 Å². The molecule has 0 radical (unpaired) electrons. The molecule has 2 rings (SSSR count). The van der Waals surface area contributed by atoms with E-state index in [-0.39, 0.29) is 5.82 Å². The molecule has 2 aromatic rings. The Labute approximate surface area is 154 Å². The molecule has 0 saturated heterocycles. The van der Waals surface area contributed by atoms with Crippen molar-refractivity contribution >= 4 is 62.2 Å². The molecule has 0 amide bonds. The molecule has 0 aliphatic rings. The van der Waals surface area contributed by atoms with Crippen LogP contribution in [0.4, 0.5) is 5.69 Å². The van der Waals surface area contributed by atoms with Crippen LogP contribution in [0.5, 0.6) is 0 Å². The summed E-state index contributed by atoms with van der Waals surface area (Å²) < 4.78 is 1.64. The third-order valence-corrected chi connectivity index (χ3v) is 4.03. The summed E-state index contributed by atoms with van der Waals surface area (Å²) in [5, 5.41) is 18.0. The first-order valence-electron chi connectivity index (χ1n) is 6.02. The van der Waals surface area contributed by atoms with Gasteiger partial charge in [0.15, 0.2) is 5.03 Å². The molecule has 0 aliphatic heterocycles. The summed E-state index contributed by atoms with van der Waals surface area (Å²) in [4.78, 5) is 10.8. The van der Waals surface area contributed by atoms with Crippen LogP contribution >= 0.6 is 50.7 Å². The van der Waals surface area contributed by atoms with E-state index in [4.69, 9.17) is 34.8 Å². The fourth-order valence-corrected chi connectivity index (χ4v) is 2.43. The second kappa shape index (κ2) is 7.83. The molecule has 0 fully saturated rings. The lowest BCUT2D eigenvalue weighted by Crippen LogP contribution is -2.15. The number of rotatable bonds is 5. The second-order valence-corrected chi connectivity index (χ2v) is 6.36. The Balaban J connectivity index is 2.64. The predicted molar refractivity (Wildman–Crippen MR) is 94.8 cm³/mol. The molecule has 120 valence electrons. The lowest BCUT2D eigenvalue weighted by molar-refractivity contribution is -0.419. The maximum absolute atomic E-state index is 11.5. The van der Waals surface area contributed by atoms with Crippen LogP contribution in [0.2, 0.25) is 0 Å². The molecule has 1 heterocycles. The normalized spacial score (nSPS) is 11.7. The molecular formula is C13H8BrCl3N4O2. The van der Waals surface area contributed by atoms with Crippen LogP contribution in [0.15, 0.2) is 62.4 Å². The van der Waals surface area contributed by atoms with Gasteiger partial charge in [-0.2, -0.15) is 5.10 Å². The first-order valence-corrected chi connectivity index (χ1v) is 7.95. The molecule has 0 atom stereocenters. The summed E-state index contributed by atoms with van der Waals surface area (Å²) in [5.74, 6) is 0.00176. The summed E-state index contributed by atoms with van der Waals surface area (Å²) in [5.41, 5.74) is 0.0785. The van der Waals surface area contributed by atoms with Crippen LogP contribution in [0.1, 0.15) is 0 Å². The van der Waals surface area contributed by atoms with Crippen molar-refractivity contribution in [1.82, 2.24) is 9.78 Å². The largest absolute Gasteiger partial charge is 0.334 e. The van der Waals surface area contributed by atoms with Crippen molar-refractivity contribution in [3.63, 3.8) is 0 Å². The number of allylic oxidation sites excluding steroid dienone is 1. The number of hydrogen-bond acceptors (Lipinski definition) is 4. The molecule has 1 aromatic heterocycles. The maximum Gasteiger partial charge on any atom is 0.332 e. The van der Waals surface area contributed by atoms with Crippen molar-refractivity contribution < 1.29 is 4.92 Å². The fraction of sp³-hybridized carbons (Fsp3) is 0. The molecule has 1 aromatic carbocycles. The zero-order chi connectivity index (χ0) is 17.0. The first kappa shape index (κ1) is 17.8. The Kier molecular flexibility index (Phi) is 6.06. The number of benzene rings is 1. The zero-order valence-corrected chi connectivity index (χ0v) is 15.1. The number of nitrogens with one attached hydrogen (secondary N) is 1. The lowest BCUT2D eigenvalue weighted by Gasteiger charge is -2.12. The molecule has 0 saturated carbocycles. The molecule has 0 spiro atoms. The minimum absolute atomic E-state index is 0.00176. The van der Waals surface area contributed by atoms with E-state index >= 15 is 0 Å². The minimum Gasteiger partial charge on any atom is -0.334 e. The number of hydrogen-bond donors (Lipinski definition) is 1. The molecule has 6 nitrogen and oxygen atoms in total. The van der Waals surface area contributed by atoms with Gasteiger partial charge in [0.05, 0.1) is 4.92 Å². The summed E-state index contributed by atoms with van der Waals surface area (Å²) in [6.07, 6.45) is 3.00. The standard InChI is InChI=1S/C13H8BrCl3N4O2/c14-8-3-1-4-9(7-8)19-13(20-6-2-5-18-20)11(21(22)23)10(15)12(16)17/h1-7,19H/b13-11+. The van der Waals surface area contributed by atoms with E-state index in [2.05, 4.69) is 26.3 Å². The van der Waals surface area contributed by atoms with E-state index in [1.165, 1.54) is 17.1 Å². The van der Waals surface area contributed by atoms with Crippen LogP contribution in [0.25, 0.3) is 5.82 Å². The quantitative estimate of drug-likeness (QED) is 0.403. The molecule has 0 unspecified atom stereocenters. The highest BCUT2D eigenvalue weighted by molar-refractivity contribution is 9.10. The predicted octanol–water partition coefficient (Wildman–Crippen LogP) is 5.05.